The molecule has 92 valence electrons. The fourth-order valence-corrected chi connectivity index (χ4v) is 2.80. The molecule has 1 N–H and O–H groups in total. The van der Waals surface area contributed by atoms with Crippen molar-refractivity contribution in [1.82, 2.24) is 0 Å². The lowest BCUT2D eigenvalue weighted by atomic mass is 10.0. The number of ether oxygens (including phenoxy) is 2. The van der Waals surface area contributed by atoms with E-state index < -0.39 is 22.1 Å². The highest BCUT2D eigenvalue weighted by Crippen LogP contribution is 2.44. The highest BCUT2D eigenvalue weighted by Gasteiger charge is 2.54. The standard InChI is InChI=1S/C10H16O5S/c1-3-14-8(12)10(9(13)15-4-2)6-5-7(11)16-10/h7,11H,3-6H2,1-2H3. The Morgan fingerprint density at radius 3 is 2.12 bits per heavy atom. The first kappa shape index (κ1) is 13.3. The van der Waals surface area contributed by atoms with Gasteiger partial charge in [-0.05, 0) is 26.7 Å². The molecule has 0 saturated carbocycles. The Bertz CT molecular complexity index is 260. The van der Waals surface area contributed by atoms with Crippen LogP contribution in [0.5, 0.6) is 0 Å². The van der Waals surface area contributed by atoms with E-state index in [0.717, 1.165) is 11.8 Å². The number of aliphatic hydroxyl groups is 1. The lowest BCUT2D eigenvalue weighted by Crippen LogP contribution is -2.44. The lowest BCUT2D eigenvalue weighted by Gasteiger charge is -2.23. The second-order valence-corrected chi connectivity index (χ2v) is 4.86. The van der Waals surface area contributed by atoms with E-state index in [1.807, 2.05) is 0 Å². The molecule has 0 spiro atoms. The maximum Gasteiger partial charge on any atom is 0.333 e. The zero-order chi connectivity index (χ0) is 12.2. The second-order valence-electron chi connectivity index (χ2n) is 3.38. The molecule has 0 bridgehead atoms. The molecule has 1 aliphatic rings. The molecule has 0 aromatic carbocycles. The Balaban J connectivity index is 2.85. The zero-order valence-electron chi connectivity index (χ0n) is 9.39. The first-order chi connectivity index (χ1) is 7.56. The largest absolute Gasteiger partial charge is 0.465 e. The van der Waals surface area contributed by atoms with Crippen molar-refractivity contribution in [3.8, 4) is 0 Å². The van der Waals surface area contributed by atoms with Gasteiger partial charge in [-0.3, -0.25) is 0 Å². The summed E-state index contributed by atoms with van der Waals surface area (Å²) in [5.74, 6) is -1.23. The van der Waals surface area contributed by atoms with Gasteiger partial charge >= 0.3 is 11.9 Å². The van der Waals surface area contributed by atoms with Crippen LogP contribution in [-0.2, 0) is 19.1 Å². The second kappa shape index (κ2) is 5.54. The number of esters is 2. The van der Waals surface area contributed by atoms with E-state index >= 15 is 0 Å². The Morgan fingerprint density at radius 2 is 1.81 bits per heavy atom. The number of carbonyl (C=O) groups excluding carboxylic acids is 2. The van der Waals surface area contributed by atoms with Crippen molar-refractivity contribution in [1.29, 1.82) is 0 Å². The van der Waals surface area contributed by atoms with Gasteiger partial charge in [-0.25, -0.2) is 9.59 Å². The lowest BCUT2D eigenvalue weighted by molar-refractivity contribution is -0.158. The number of hydrogen-bond acceptors (Lipinski definition) is 6. The average molecular weight is 248 g/mol. The Hall–Kier alpha value is -0.750. The molecule has 0 aliphatic carbocycles. The van der Waals surface area contributed by atoms with Crippen molar-refractivity contribution >= 4 is 23.7 Å². The molecule has 1 aliphatic heterocycles. The number of rotatable bonds is 4. The molecule has 1 atom stereocenters. The smallest absolute Gasteiger partial charge is 0.333 e. The highest BCUT2D eigenvalue weighted by molar-refractivity contribution is 8.02. The average Bonchev–Trinajstić information content (AvgIpc) is 2.63. The monoisotopic (exact) mass is 248 g/mol. The Morgan fingerprint density at radius 1 is 1.31 bits per heavy atom. The third-order valence-corrected chi connectivity index (χ3v) is 3.74. The van der Waals surface area contributed by atoms with Crippen LogP contribution in [0, 0.1) is 0 Å². The maximum absolute atomic E-state index is 11.8. The SMILES string of the molecule is CCOC(=O)C1(C(=O)OCC)CCC(O)S1. The third-order valence-electron chi connectivity index (χ3n) is 2.29. The van der Waals surface area contributed by atoms with E-state index in [2.05, 4.69) is 0 Å². The molecule has 1 saturated heterocycles. The quantitative estimate of drug-likeness (QED) is 0.583. The van der Waals surface area contributed by atoms with Crippen LogP contribution in [0.25, 0.3) is 0 Å². The van der Waals surface area contributed by atoms with Gasteiger partial charge in [0.2, 0.25) is 4.75 Å². The summed E-state index contributed by atoms with van der Waals surface area (Å²) in [6.07, 6.45) is 0.652. The van der Waals surface area contributed by atoms with Gasteiger partial charge in [0.05, 0.1) is 13.2 Å². The molecule has 5 nitrogen and oxygen atoms in total. The number of aliphatic hydroxyl groups excluding tert-OH is 1. The minimum Gasteiger partial charge on any atom is -0.465 e. The zero-order valence-corrected chi connectivity index (χ0v) is 10.2. The molecule has 1 rings (SSSR count). The summed E-state index contributed by atoms with van der Waals surface area (Å²) in [7, 11) is 0. The summed E-state index contributed by atoms with van der Waals surface area (Å²) >= 11 is 0.916. The van der Waals surface area contributed by atoms with E-state index in [4.69, 9.17) is 9.47 Å². The van der Waals surface area contributed by atoms with Crippen molar-refractivity contribution in [2.75, 3.05) is 13.2 Å². The van der Waals surface area contributed by atoms with Crippen LogP contribution in [0.3, 0.4) is 0 Å². The van der Waals surface area contributed by atoms with Crippen LogP contribution >= 0.6 is 11.8 Å². The van der Waals surface area contributed by atoms with Gasteiger partial charge in [-0.2, -0.15) is 0 Å². The predicted octanol–water partition coefficient (Wildman–Crippen LogP) is 0.697. The molecular weight excluding hydrogens is 232 g/mol. The molecule has 16 heavy (non-hydrogen) atoms. The molecule has 1 heterocycles. The van der Waals surface area contributed by atoms with Crippen LogP contribution in [0.15, 0.2) is 0 Å². The van der Waals surface area contributed by atoms with E-state index in [0.29, 0.717) is 6.42 Å². The van der Waals surface area contributed by atoms with Crippen LogP contribution < -0.4 is 0 Å². The van der Waals surface area contributed by atoms with Gasteiger partial charge in [0, 0.05) is 0 Å². The van der Waals surface area contributed by atoms with Crippen molar-refractivity contribution in [2.45, 2.75) is 36.9 Å². The van der Waals surface area contributed by atoms with E-state index in [1.165, 1.54) is 0 Å². The highest BCUT2D eigenvalue weighted by atomic mass is 32.2. The fraction of sp³-hybridized carbons (Fsp3) is 0.800. The van der Waals surface area contributed by atoms with Gasteiger partial charge < -0.3 is 14.6 Å². The molecule has 0 radical (unpaired) electrons. The van der Waals surface area contributed by atoms with Gasteiger partial charge in [-0.1, -0.05) is 0 Å². The summed E-state index contributed by atoms with van der Waals surface area (Å²) < 4.78 is 8.38. The molecule has 0 aromatic heterocycles. The van der Waals surface area contributed by atoms with Crippen LogP contribution in [-0.4, -0.2) is 40.4 Å². The van der Waals surface area contributed by atoms with Crippen LogP contribution in [0.4, 0.5) is 0 Å². The fourth-order valence-electron chi connectivity index (χ4n) is 1.56. The van der Waals surface area contributed by atoms with Gasteiger partial charge in [0.15, 0.2) is 0 Å². The van der Waals surface area contributed by atoms with Crippen molar-refractivity contribution in [3.63, 3.8) is 0 Å². The molecular formula is C10H16O5S. The first-order valence-corrected chi connectivity index (χ1v) is 6.15. The van der Waals surface area contributed by atoms with E-state index in [1.54, 1.807) is 13.8 Å². The molecule has 0 amide bonds. The summed E-state index contributed by atoms with van der Waals surface area (Å²) in [4.78, 5) is 23.5. The van der Waals surface area contributed by atoms with Crippen molar-refractivity contribution < 1.29 is 24.2 Å². The summed E-state index contributed by atoms with van der Waals surface area (Å²) in [6.45, 7) is 3.76. The van der Waals surface area contributed by atoms with Gasteiger partial charge in [0.1, 0.15) is 5.44 Å². The summed E-state index contributed by atoms with van der Waals surface area (Å²) in [6, 6.07) is 0. The third kappa shape index (κ3) is 2.49. The molecule has 1 fully saturated rings. The minimum absolute atomic E-state index is 0.205. The summed E-state index contributed by atoms with van der Waals surface area (Å²) in [5, 5.41) is 9.45. The Kier molecular flexibility index (Phi) is 4.61. The first-order valence-electron chi connectivity index (χ1n) is 5.27. The number of hydrogen-bond donors (Lipinski definition) is 1. The number of carbonyl (C=O) groups is 2. The normalized spacial score (nSPS) is 22.8. The molecule has 6 heteroatoms. The van der Waals surface area contributed by atoms with E-state index in [-0.39, 0.29) is 19.6 Å². The van der Waals surface area contributed by atoms with Gasteiger partial charge in [0.25, 0.3) is 0 Å². The van der Waals surface area contributed by atoms with Crippen molar-refractivity contribution in [3.05, 3.63) is 0 Å². The van der Waals surface area contributed by atoms with E-state index in [9.17, 15) is 14.7 Å². The predicted molar refractivity (Wildman–Crippen MR) is 58.8 cm³/mol. The van der Waals surface area contributed by atoms with Gasteiger partial charge in [-0.15, -0.1) is 11.8 Å². The maximum atomic E-state index is 11.8. The summed E-state index contributed by atoms with van der Waals surface area (Å²) in [5.41, 5.74) is -0.714. The Labute approximate surface area is 98.5 Å². The van der Waals surface area contributed by atoms with Crippen LogP contribution in [0.2, 0.25) is 0 Å². The number of thioether (sulfide) groups is 1. The minimum atomic E-state index is -1.37. The van der Waals surface area contributed by atoms with Crippen molar-refractivity contribution in [2.24, 2.45) is 0 Å². The topological polar surface area (TPSA) is 72.8 Å². The molecule has 0 aromatic rings. The molecule has 1 unspecified atom stereocenters. The van der Waals surface area contributed by atoms with Crippen LogP contribution in [0.1, 0.15) is 26.7 Å².